The molecule has 1 heterocycles. The van der Waals surface area contributed by atoms with Gasteiger partial charge in [-0.2, -0.15) is 0 Å². The minimum Gasteiger partial charge on any atom is -0.508 e. The van der Waals surface area contributed by atoms with Crippen LogP contribution in [0.1, 0.15) is 38.2 Å². The van der Waals surface area contributed by atoms with Gasteiger partial charge < -0.3 is 14.7 Å². The fourth-order valence-electron chi connectivity index (χ4n) is 2.71. The fourth-order valence-corrected chi connectivity index (χ4v) is 2.71. The van der Waals surface area contributed by atoms with Gasteiger partial charge >= 0.3 is 0 Å². The Morgan fingerprint density at radius 3 is 2.70 bits per heavy atom. The first-order valence-corrected chi connectivity index (χ1v) is 7.75. The topological polar surface area (TPSA) is 32.7 Å². The Labute approximate surface area is 122 Å². The number of aryl methyl sites for hydroxylation is 1. The number of ether oxygens (including phenoxy) is 1. The summed E-state index contributed by atoms with van der Waals surface area (Å²) in [4.78, 5) is 2.41. The van der Waals surface area contributed by atoms with E-state index in [0.29, 0.717) is 17.9 Å². The molecule has 1 aromatic carbocycles. The summed E-state index contributed by atoms with van der Waals surface area (Å²) in [5.74, 6) is 0.341. The summed E-state index contributed by atoms with van der Waals surface area (Å²) in [6.45, 7) is 4.25. The second kappa shape index (κ2) is 7.65. The lowest BCUT2D eigenvalue weighted by Crippen LogP contribution is -2.38. The van der Waals surface area contributed by atoms with Crippen molar-refractivity contribution in [2.24, 2.45) is 0 Å². The average molecular weight is 277 g/mol. The van der Waals surface area contributed by atoms with E-state index in [1.54, 1.807) is 12.1 Å². The van der Waals surface area contributed by atoms with Crippen molar-refractivity contribution in [3.8, 4) is 5.75 Å². The molecule has 112 valence electrons. The third-order valence-corrected chi connectivity index (χ3v) is 4.31. The van der Waals surface area contributed by atoms with E-state index >= 15 is 0 Å². The molecule has 2 rings (SSSR count). The maximum atomic E-state index is 9.28. The molecule has 3 heteroatoms. The van der Waals surface area contributed by atoms with Crippen LogP contribution in [0.25, 0.3) is 0 Å². The van der Waals surface area contributed by atoms with Gasteiger partial charge in [-0.1, -0.05) is 12.1 Å². The first-order valence-electron chi connectivity index (χ1n) is 7.75. The van der Waals surface area contributed by atoms with Gasteiger partial charge in [-0.15, -0.1) is 0 Å². The molecule has 0 amide bonds. The predicted molar refractivity (Wildman–Crippen MR) is 82.1 cm³/mol. The van der Waals surface area contributed by atoms with Crippen LogP contribution in [0.3, 0.4) is 0 Å². The highest BCUT2D eigenvalue weighted by atomic mass is 16.5. The number of nitrogens with zero attached hydrogens (tertiary/aromatic N) is 1. The number of likely N-dealkylation sites (N-methyl/N-ethyl adjacent to an activating group) is 1. The number of hydrogen-bond donors (Lipinski definition) is 1. The van der Waals surface area contributed by atoms with Gasteiger partial charge in [0.15, 0.2) is 0 Å². The van der Waals surface area contributed by atoms with E-state index in [9.17, 15) is 5.11 Å². The van der Waals surface area contributed by atoms with E-state index in [1.165, 1.54) is 24.8 Å². The molecule has 1 aliphatic rings. The zero-order valence-corrected chi connectivity index (χ0v) is 12.7. The number of benzene rings is 1. The molecule has 0 radical (unpaired) electrons. The van der Waals surface area contributed by atoms with Gasteiger partial charge in [-0.25, -0.2) is 0 Å². The molecule has 0 aliphatic carbocycles. The zero-order chi connectivity index (χ0) is 14.4. The zero-order valence-electron chi connectivity index (χ0n) is 12.7. The van der Waals surface area contributed by atoms with E-state index in [4.69, 9.17) is 4.74 Å². The molecular weight excluding hydrogens is 250 g/mol. The molecule has 2 unspecified atom stereocenters. The van der Waals surface area contributed by atoms with Crippen molar-refractivity contribution < 1.29 is 9.84 Å². The molecule has 0 saturated carbocycles. The van der Waals surface area contributed by atoms with Crippen LogP contribution in [0.2, 0.25) is 0 Å². The summed E-state index contributed by atoms with van der Waals surface area (Å²) >= 11 is 0. The molecule has 1 fully saturated rings. The summed E-state index contributed by atoms with van der Waals surface area (Å²) in [6.07, 6.45) is 6.34. The predicted octanol–water partition coefficient (Wildman–Crippen LogP) is 3.21. The Balaban J connectivity index is 1.72. The van der Waals surface area contributed by atoms with Crippen molar-refractivity contribution in [2.75, 3.05) is 20.2 Å². The van der Waals surface area contributed by atoms with Crippen molar-refractivity contribution in [3.05, 3.63) is 29.8 Å². The number of rotatable bonds is 6. The molecule has 3 nitrogen and oxygen atoms in total. The Morgan fingerprint density at radius 1 is 1.30 bits per heavy atom. The molecule has 2 atom stereocenters. The number of phenols is 1. The standard InChI is InChI=1S/C17H27NO2/c1-14(6-7-15-8-10-16(19)11-9-15)18(2)13-17-5-3-4-12-20-17/h8-11,14,17,19H,3-7,12-13H2,1-2H3. The molecule has 20 heavy (non-hydrogen) atoms. The van der Waals surface area contributed by atoms with Gasteiger partial charge in [0.05, 0.1) is 6.10 Å². The fraction of sp³-hybridized carbons (Fsp3) is 0.647. The monoisotopic (exact) mass is 277 g/mol. The van der Waals surface area contributed by atoms with Crippen LogP contribution < -0.4 is 0 Å². The SMILES string of the molecule is CC(CCc1ccc(O)cc1)N(C)CC1CCCCO1. The highest BCUT2D eigenvalue weighted by Gasteiger charge is 2.18. The number of phenolic OH excluding ortho intramolecular Hbond substituents is 1. The molecule has 1 N–H and O–H groups in total. The molecule has 1 aliphatic heterocycles. The van der Waals surface area contributed by atoms with Crippen molar-refractivity contribution in [2.45, 2.75) is 51.2 Å². The highest BCUT2D eigenvalue weighted by Crippen LogP contribution is 2.16. The lowest BCUT2D eigenvalue weighted by molar-refractivity contribution is -0.00745. The van der Waals surface area contributed by atoms with Crippen molar-refractivity contribution >= 4 is 0 Å². The second-order valence-corrected chi connectivity index (χ2v) is 5.98. The van der Waals surface area contributed by atoms with Gasteiger partial charge in [-0.3, -0.25) is 0 Å². The quantitative estimate of drug-likeness (QED) is 0.866. The van der Waals surface area contributed by atoms with E-state index in [0.717, 1.165) is 26.0 Å². The summed E-state index contributed by atoms with van der Waals surface area (Å²) in [6, 6.07) is 8.09. The maximum Gasteiger partial charge on any atom is 0.115 e. The van der Waals surface area contributed by atoms with Gasteiger partial charge in [-0.05, 0) is 63.8 Å². The third kappa shape index (κ3) is 4.80. The van der Waals surface area contributed by atoms with Crippen LogP contribution in [0.5, 0.6) is 5.75 Å². The number of hydrogen-bond acceptors (Lipinski definition) is 3. The minimum atomic E-state index is 0.341. The van der Waals surface area contributed by atoms with Gasteiger partial charge in [0.25, 0.3) is 0 Å². The minimum absolute atomic E-state index is 0.341. The van der Waals surface area contributed by atoms with Gasteiger partial charge in [0, 0.05) is 19.2 Å². The molecule has 1 saturated heterocycles. The van der Waals surface area contributed by atoms with Crippen molar-refractivity contribution in [3.63, 3.8) is 0 Å². The summed E-state index contributed by atoms with van der Waals surface area (Å²) in [5.41, 5.74) is 1.29. The van der Waals surface area contributed by atoms with Crippen LogP contribution in [0.15, 0.2) is 24.3 Å². The Kier molecular flexibility index (Phi) is 5.86. The summed E-state index contributed by atoms with van der Waals surface area (Å²) in [7, 11) is 2.19. The Morgan fingerprint density at radius 2 is 2.05 bits per heavy atom. The van der Waals surface area contributed by atoms with Crippen LogP contribution in [0, 0.1) is 0 Å². The Bertz CT molecular complexity index is 384. The molecule has 0 spiro atoms. The summed E-state index contributed by atoms with van der Waals surface area (Å²) in [5, 5.41) is 9.28. The van der Waals surface area contributed by atoms with Crippen LogP contribution in [-0.4, -0.2) is 42.4 Å². The van der Waals surface area contributed by atoms with E-state index in [-0.39, 0.29) is 0 Å². The third-order valence-electron chi connectivity index (χ3n) is 4.31. The molecular formula is C17H27NO2. The smallest absolute Gasteiger partial charge is 0.115 e. The normalized spacial score (nSPS) is 21.1. The first kappa shape index (κ1) is 15.3. The van der Waals surface area contributed by atoms with Crippen LogP contribution in [0.4, 0.5) is 0 Å². The lowest BCUT2D eigenvalue weighted by Gasteiger charge is -2.31. The molecule has 1 aromatic rings. The van der Waals surface area contributed by atoms with E-state index in [2.05, 4.69) is 18.9 Å². The van der Waals surface area contributed by atoms with Crippen LogP contribution >= 0.6 is 0 Å². The maximum absolute atomic E-state index is 9.28. The molecule has 0 aromatic heterocycles. The van der Waals surface area contributed by atoms with Crippen LogP contribution in [-0.2, 0) is 11.2 Å². The Hall–Kier alpha value is -1.06. The molecule has 0 bridgehead atoms. The highest BCUT2D eigenvalue weighted by molar-refractivity contribution is 5.25. The van der Waals surface area contributed by atoms with Crippen molar-refractivity contribution in [1.29, 1.82) is 0 Å². The van der Waals surface area contributed by atoms with Crippen molar-refractivity contribution in [1.82, 2.24) is 4.90 Å². The number of aromatic hydroxyl groups is 1. The van der Waals surface area contributed by atoms with E-state index in [1.807, 2.05) is 12.1 Å². The lowest BCUT2D eigenvalue weighted by atomic mass is 10.0. The first-order chi connectivity index (χ1) is 9.65. The van der Waals surface area contributed by atoms with Gasteiger partial charge in [0.1, 0.15) is 5.75 Å². The van der Waals surface area contributed by atoms with Gasteiger partial charge in [0.2, 0.25) is 0 Å². The summed E-state index contributed by atoms with van der Waals surface area (Å²) < 4.78 is 5.81. The largest absolute Gasteiger partial charge is 0.508 e. The second-order valence-electron chi connectivity index (χ2n) is 5.98. The van der Waals surface area contributed by atoms with E-state index < -0.39 is 0 Å². The average Bonchev–Trinajstić information content (AvgIpc) is 2.47.